The van der Waals surface area contributed by atoms with Crippen molar-refractivity contribution in [1.29, 1.82) is 0 Å². The highest BCUT2D eigenvalue weighted by Gasteiger charge is 2.36. The molecule has 0 unspecified atom stereocenters. The predicted octanol–water partition coefficient (Wildman–Crippen LogP) is 1.47. The summed E-state index contributed by atoms with van der Waals surface area (Å²) in [5, 5.41) is 3.41. The lowest BCUT2D eigenvalue weighted by Gasteiger charge is -2.33. The van der Waals surface area contributed by atoms with E-state index in [-0.39, 0.29) is 6.23 Å². The van der Waals surface area contributed by atoms with Gasteiger partial charge in [0.15, 0.2) is 6.23 Å². The van der Waals surface area contributed by atoms with Gasteiger partial charge >= 0.3 is 0 Å². The van der Waals surface area contributed by atoms with E-state index in [1.54, 1.807) is 6.20 Å². The maximum atomic E-state index is 6.01. The van der Waals surface area contributed by atoms with Gasteiger partial charge in [-0.15, -0.1) is 0 Å². The van der Waals surface area contributed by atoms with Gasteiger partial charge in [-0.3, -0.25) is 9.88 Å². The van der Waals surface area contributed by atoms with Gasteiger partial charge in [0.1, 0.15) is 0 Å². The fourth-order valence-corrected chi connectivity index (χ4v) is 3.16. The van der Waals surface area contributed by atoms with E-state index in [0.29, 0.717) is 17.8 Å². The van der Waals surface area contributed by atoms with Crippen LogP contribution in [0.25, 0.3) is 0 Å². The van der Waals surface area contributed by atoms with Gasteiger partial charge in [0.25, 0.3) is 0 Å². The van der Waals surface area contributed by atoms with Gasteiger partial charge in [0, 0.05) is 12.0 Å². The van der Waals surface area contributed by atoms with Crippen molar-refractivity contribution in [3.05, 3.63) is 18.1 Å². The summed E-state index contributed by atoms with van der Waals surface area (Å²) in [5.74, 6) is 1.32. The van der Waals surface area contributed by atoms with Gasteiger partial charge in [0.05, 0.1) is 24.8 Å². The van der Waals surface area contributed by atoms with Crippen LogP contribution >= 0.6 is 0 Å². The van der Waals surface area contributed by atoms with Crippen molar-refractivity contribution < 1.29 is 4.74 Å². The molecule has 3 heterocycles. The van der Waals surface area contributed by atoms with Crippen LogP contribution in [0.2, 0.25) is 0 Å². The number of fused-ring (bicyclic) bond motifs is 1. The minimum atomic E-state index is 0.166. The molecule has 1 aliphatic carbocycles. The Morgan fingerprint density at radius 1 is 1.11 bits per heavy atom. The van der Waals surface area contributed by atoms with Crippen LogP contribution in [0.1, 0.15) is 43.7 Å². The predicted molar refractivity (Wildman–Crippen MR) is 70.8 cm³/mol. The molecule has 2 aliphatic heterocycles. The molecule has 5 nitrogen and oxygen atoms in total. The number of hydrogen-bond donors (Lipinski definition) is 1. The summed E-state index contributed by atoms with van der Waals surface area (Å²) < 4.78 is 6.01. The second-order valence-electron chi connectivity index (χ2n) is 5.82. The minimum absolute atomic E-state index is 0.166. The molecule has 2 saturated heterocycles. The van der Waals surface area contributed by atoms with Crippen molar-refractivity contribution in [2.75, 3.05) is 13.2 Å². The van der Waals surface area contributed by atoms with Gasteiger partial charge < -0.3 is 10.1 Å². The highest BCUT2D eigenvalue weighted by Crippen LogP contribution is 2.38. The van der Waals surface area contributed by atoms with Gasteiger partial charge in [-0.05, 0) is 38.6 Å². The molecule has 0 radical (unpaired) electrons. The second kappa shape index (κ2) is 4.72. The van der Waals surface area contributed by atoms with Crippen LogP contribution in [-0.4, -0.2) is 40.4 Å². The van der Waals surface area contributed by atoms with E-state index in [9.17, 15) is 0 Å². The summed E-state index contributed by atoms with van der Waals surface area (Å²) in [6.45, 7) is 2.06. The van der Waals surface area contributed by atoms with E-state index in [2.05, 4.69) is 20.2 Å². The molecular weight excluding hydrogens is 240 g/mol. The van der Waals surface area contributed by atoms with Crippen molar-refractivity contribution in [2.24, 2.45) is 0 Å². The largest absolute Gasteiger partial charge is 0.457 e. The molecule has 3 fully saturated rings. The first kappa shape index (κ1) is 11.6. The van der Waals surface area contributed by atoms with Crippen molar-refractivity contribution in [3.8, 4) is 5.88 Å². The molecular formula is C14H20N4O. The molecule has 1 aromatic rings. The summed E-state index contributed by atoms with van der Waals surface area (Å²) in [5.41, 5.74) is 1.12. The Kier molecular flexibility index (Phi) is 2.89. The summed E-state index contributed by atoms with van der Waals surface area (Å²) in [4.78, 5) is 11.3. The van der Waals surface area contributed by atoms with Crippen LogP contribution in [0.3, 0.4) is 0 Å². The average molecular weight is 260 g/mol. The standard InChI is InChI=1S/C14H20N4O/c1-2-10(1)12-7-17-13(8-16-12)19-14-4-3-11-5-6-15-9-18(11)14/h7-8,10-11,14-15H,1-6,9H2/t11-,14-/m0/s1. The molecule has 1 aromatic heterocycles. The first-order valence-electron chi connectivity index (χ1n) is 7.35. The Morgan fingerprint density at radius 2 is 2.05 bits per heavy atom. The highest BCUT2D eigenvalue weighted by atomic mass is 16.5. The highest BCUT2D eigenvalue weighted by molar-refractivity contribution is 5.15. The van der Waals surface area contributed by atoms with Crippen LogP contribution in [0.4, 0.5) is 0 Å². The third kappa shape index (κ3) is 2.32. The number of hydrogen-bond acceptors (Lipinski definition) is 5. The zero-order valence-corrected chi connectivity index (χ0v) is 11.1. The van der Waals surface area contributed by atoms with Crippen molar-refractivity contribution >= 4 is 0 Å². The maximum Gasteiger partial charge on any atom is 0.233 e. The zero-order chi connectivity index (χ0) is 12.7. The molecule has 102 valence electrons. The number of nitrogens with one attached hydrogen (secondary N) is 1. The van der Waals surface area contributed by atoms with Gasteiger partial charge in [-0.2, -0.15) is 0 Å². The molecule has 0 aromatic carbocycles. The number of ether oxygens (including phenoxy) is 1. The Labute approximate surface area is 113 Å². The third-order valence-corrected chi connectivity index (χ3v) is 4.44. The molecule has 5 heteroatoms. The van der Waals surface area contributed by atoms with Crippen molar-refractivity contribution in [3.63, 3.8) is 0 Å². The lowest BCUT2D eigenvalue weighted by molar-refractivity contribution is 0.0139. The second-order valence-corrected chi connectivity index (χ2v) is 5.82. The van der Waals surface area contributed by atoms with Crippen LogP contribution in [0.5, 0.6) is 5.88 Å². The van der Waals surface area contributed by atoms with Crippen LogP contribution < -0.4 is 10.1 Å². The van der Waals surface area contributed by atoms with Gasteiger partial charge in [0.2, 0.25) is 5.88 Å². The SMILES string of the molecule is c1nc(C2CC2)cnc1O[C@H]1CC[C@H]2CCNCN21. The minimum Gasteiger partial charge on any atom is -0.457 e. The van der Waals surface area contributed by atoms with E-state index in [1.807, 2.05) is 6.20 Å². The fourth-order valence-electron chi connectivity index (χ4n) is 3.16. The van der Waals surface area contributed by atoms with Crippen LogP contribution in [0.15, 0.2) is 12.4 Å². The molecule has 2 atom stereocenters. The maximum absolute atomic E-state index is 6.01. The summed E-state index contributed by atoms with van der Waals surface area (Å²) in [6.07, 6.45) is 9.92. The quantitative estimate of drug-likeness (QED) is 0.892. The lowest BCUT2D eigenvalue weighted by atomic mass is 10.1. The smallest absolute Gasteiger partial charge is 0.233 e. The first-order valence-corrected chi connectivity index (χ1v) is 7.35. The van der Waals surface area contributed by atoms with E-state index in [1.165, 1.54) is 25.7 Å². The average Bonchev–Trinajstić information content (AvgIpc) is 3.23. The number of rotatable bonds is 3. The lowest BCUT2D eigenvalue weighted by Crippen LogP contribution is -2.50. The molecule has 1 saturated carbocycles. The Hall–Kier alpha value is -1.20. The monoisotopic (exact) mass is 260 g/mol. The van der Waals surface area contributed by atoms with Crippen molar-refractivity contribution in [1.82, 2.24) is 20.2 Å². The number of nitrogens with zero attached hydrogens (tertiary/aromatic N) is 3. The van der Waals surface area contributed by atoms with E-state index < -0.39 is 0 Å². The normalized spacial score (nSPS) is 31.2. The summed E-state index contributed by atoms with van der Waals surface area (Å²) in [6, 6.07) is 0.685. The van der Waals surface area contributed by atoms with Crippen molar-refractivity contribution in [2.45, 2.75) is 50.3 Å². The van der Waals surface area contributed by atoms with E-state index in [0.717, 1.165) is 25.3 Å². The van der Waals surface area contributed by atoms with Gasteiger partial charge in [-0.25, -0.2) is 4.98 Å². The Balaban J connectivity index is 1.42. The summed E-state index contributed by atoms with van der Waals surface area (Å²) >= 11 is 0. The Bertz CT molecular complexity index is 445. The first-order chi connectivity index (χ1) is 9.40. The molecule has 0 spiro atoms. The Morgan fingerprint density at radius 3 is 2.84 bits per heavy atom. The molecule has 19 heavy (non-hydrogen) atoms. The van der Waals surface area contributed by atoms with E-state index >= 15 is 0 Å². The molecule has 0 amide bonds. The fraction of sp³-hybridized carbons (Fsp3) is 0.714. The third-order valence-electron chi connectivity index (χ3n) is 4.44. The molecule has 3 aliphatic rings. The van der Waals surface area contributed by atoms with E-state index in [4.69, 9.17) is 4.74 Å². The molecule has 4 rings (SSSR count). The molecule has 1 N–H and O–H groups in total. The topological polar surface area (TPSA) is 50.3 Å². The summed E-state index contributed by atoms with van der Waals surface area (Å²) in [7, 11) is 0. The zero-order valence-electron chi connectivity index (χ0n) is 11.1. The number of aromatic nitrogens is 2. The molecule has 0 bridgehead atoms. The van der Waals surface area contributed by atoms with Crippen LogP contribution in [0, 0.1) is 0 Å². The van der Waals surface area contributed by atoms with Gasteiger partial charge in [-0.1, -0.05) is 0 Å². The van der Waals surface area contributed by atoms with Crippen LogP contribution in [-0.2, 0) is 0 Å².